The summed E-state index contributed by atoms with van der Waals surface area (Å²) in [5, 5.41) is 10.0. The summed E-state index contributed by atoms with van der Waals surface area (Å²) >= 11 is 5.67. The van der Waals surface area contributed by atoms with E-state index in [1.807, 2.05) is 4.90 Å². The van der Waals surface area contributed by atoms with Crippen molar-refractivity contribution < 1.29 is 5.11 Å². The molecule has 0 spiro atoms. The topological polar surface area (TPSA) is 49.2 Å². The summed E-state index contributed by atoms with van der Waals surface area (Å²) in [5.74, 6) is 1.26. The van der Waals surface area contributed by atoms with Crippen LogP contribution in [0.2, 0.25) is 5.15 Å². The third-order valence-electron chi connectivity index (χ3n) is 2.57. The summed E-state index contributed by atoms with van der Waals surface area (Å²) < 4.78 is 0. The summed E-state index contributed by atoms with van der Waals surface area (Å²) in [7, 11) is 0. The molecular weight excluding hydrogens is 214 g/mol. The Hall–Kier alpha value is -0.870. The van der Waals surface area contributed by atoms with Crippen molar-refractivity contribution in [2.24, 2.45) is 5.92 Å². The second kappa shape index (κ2) is 4.33. The lowest BCUT2D eigenvalue weighted by Gasteiger charge is -2.34. The zero-order valence-electron chi connectivity index (χ0n) is 8.60. The molecule has 1 aromatic rings. The molecule has 1 aromatic heterocycles. The van der Waals surface area contributed by atoms with Gasteiger partial charge in [0, 0.05) is 13.1 Å². The van der Waals surface area contributed by atoms with Gasteiger partial charge in [-0.3, -0.25) is 0 Å². The number of hydrogen-bond acceptors (Lipinski definition) is 4. The van der Waals surface area contributed by atoms with E-state index in [0.717, 1.165) is 18.8 Å². The van der Waals surface area contributed by atoms with Crippen LogP contribution in [0.4, 0.5) is 5.82 Å². The minimum atomic E-state index is -0.272. The smallest absolute Gasteiger partial charge is 0.147 e. The molecule has 1 fully saturated rings. The lowest BCUT2D eigenvalue weighted by molar-refractivity contribution is 0.132. The number of anilines is 1. The Morgan fingerprint density at radius 3 is 2.80 bits per heavy atom. The van der Waals surface area contributed by atoms with Gasteiger partial charge in [-0.05, 0) is 12.3 Å². The molecule has 0 aliphatic carbocycles. The first-order valence-electron chi connectivity index (χ1n) is 5.05. The third kappa shape index (κ3) is 2.58. The van der Waals surface area contributed by atoms with Crippen molar-refractivity contribution in [2.75, 3.05) is 18.0 Å². The van der Waals surface area contributed by atoms with Gasteiger partial charge >= 0.3 is 0 Å². The number of hydrogen-bond donors (Lipinski definition) is 1. The minimum absolute atomic E-state index is 0.272. The van der Waals surface area contributed by atoms with E-state index in [1.54, 1.807) is 6.20 Å². The van der Waals surface area contributed by atoms with Gasteiger partial charge in [0.15, 0.2) is 0 Å². The fraction of sp³-hybridized carbons (Fsp3) is 0.600. The minimum Gasteiger partial charge on any atom is -0.391 e. The standard InChI is InChI=1S/C10H14ClN3O/c1-7-2-8(15)6-14(5-7)10-4-12-9(11)3-13-10/h3-4,7-8,15H,2,5-6H2,1H3. The molecule has 0 saturated carbocycles. The molecule has 4 nitrogen and oxygen atoms in total. The highest BCUT2D eigenvalue weighted by Gasteiger charge is 2.23. The molecule has 1 saturated heterocycles. The second-order valence-electron chi connectivity index (χ2n) is 4.10. The van der Waals surface area contributed by atoms with Crippen molar-refractivity contribution in [3.63, 3.8) is 0 Å². The molecule has 15 heavy (non-hydrogen) atoms. The summed E-state index contributed by atoms with van der Waals surface area (Å²) in [5.41, 5.74) is 0. The van der Waals surface area contributed by atoms with Crippen LogP contribution in [-0.4, -0.2) is 34.3 Å². The predicted molar refractivity (Wildman–Crippen MR) is 59.0 cm³/mol. The van der Waals surface area contributed by atoms with Gasteiger partial charge in [0.05, 0.1) is 18.5 Å². The van der Waals surface area contributed by atoms with E-state index in [2.05, 4.69) is 16.9 Å². The summed E-state index contributed by atoms with van der Waals surface area (Å²) in [6.07, 6.45) is 3.76. The molecule has 0 radical (unpaired) electrons. The van der Waals surface area contributed by atoms with Gasteiger partial charge in [-0.25, -0.2) is 9.97 Å². The second-order valence-corrected chi connectivity index (χ2v) is 4.48. The van der Waals surface area contributed by atoms with Crippen LogP contribution < -0.4 is 4.90 Å². The summed E-state index contributed by atoms with van der Waals surface area (Å²) in [6, 6.07) is 0. The van der Waals surface area contributed by atoms with Gasteiger partial charge in [0.1, 0.15) is 11.0 Å². The molecule has 1 aliphatic heterocycles. The highest BCUT2D eigenvalue weighted by molar-refractivity contribution is 6.29. The number of piperidine rings is 1. The first-order chi connectivity index (χ1) is 7.15. The third-order valence-corrected chi connectivity index (χ3v) is 2.76. The van der Waals surface area contributed by atoms with Crippen molar-refractivity contribution >= 4 is 17.4 Å². The highest BCUT2D eigenvalue weighted by Crippen LogP contribution is 2.21. The monoisotopic (exact) mass is 227 g/mol. The Morgan fingerprint density at radius 1 is 1.40 bits per heavy atom. The number of nitrogens with zero attached hydrogens (tertiary/aromatic N) is 3. The van der Waals surface area contributed by atoms with Gasteiger partial charge in [0.2, 0.25) is 0 Å². The van der Waals surface area contributed by atoms with Gasteiger partial charge in [0.25, 0.3) is 0 Å². The van der Waals surface area contributed by atoms with Crippen LogP contribution in [0.5, 0.6) is 0 Å². The summed E-state index contributed by atoms with van der Waals surface area (Å²) in [6.45, 7) is 3.66. The van der Waals surface area contributed by atoms with Gasteiger partial charge in [-0.15, -0.1) is 0 Å². The lowest BCUT2D eigenvalue weighted by Crippen LogP contribution is -2.42. The number of halogens is 1. The number of β-amino-alcohol motifs (C(OH)–C–C–N with tert-alkyl or cyclic N) is 1. The van der Waals surface area contributed by atoms with Crippen LogP contribution in [0.3, 0.4) is 0 Å². The average molecular weight is 228 g/mol. The first kappa shape index (κ1) is 10.6. The molecular formula is C10H14ClN3O. The maximum atomic E-state index is 9.65. The number of aromatic nitrogens is 2. The van der Waals surface area contributed by atoms with E-state index in [-0.39, 0.29) is 6.10 Å². The molecule has 2 unspecified atom stereocenters. The van der Waals surface area contributed by atoms with E-state index in [1.165, 1.54) is 6.20 Å². The predicted octanol–water partition coefficient (Wildman–Crippen LogP) is 1.34. The molecule has 0 aromatic carbocycles. The Kier molecular flexibility index (Phi) is 3.07. The zero-order valence-corrected chi connectivity index (χ0v) is 9.35. The quantitative estimate of drug-likeness (QED) is 0.787. The molecule has 2 atom stereocenters. The highest BCUT2D eigenvalue weighted by atomic mass is 35.5. The van der Waals surface area contributed by atoms with Crippen LogP contribution >= 0.6 is 11.6 Å². The normalized spacial score (nSPS) is 26.7. The molecule has 0 amide bonds. The van der Waals surface area contributed by atoms with Crippen molar-refractivity contribution in [3.8, 4) is 0 Å². The number of aliphatic hydroxyl groups excluding tert-OH is 1. The van der Waals surface area contributed by atoms with Crippen molar-refractivity contribution in [2.45, 2.75) is 19.4 Å². The van der Waals surface area contributed by atoms with Crippen LogP contribution in [0, 0.1) is 5.92 Å². The maximum Gasteiger partial charge on any atom is 0.147 e. The first-order valence-corrected chi connectivity index (χ1v) is 5.43. The Bertz CT molecular complexity index is 320. The largest absolute Gasteiger partial charge is 0.391 e. The van der Waals surface area contributed by atoms with Gasteiger partial charge < -0.3 is 10.0 Å². The number of rotatable bonds is 1. The molecule has 0 bridgehead atoms. The lowest BCUT2D eigenvalue weighted by atomic mass is 9.98. The maximum absolute atomic E-state index is 9.65. The SMILES string of the molecule is CC1CC(O)CN(c2cnc(Cl)cn2)C1. The van der Waals surface area contributed by atoms with E-state index in [4.69, 9.17) is 11.6 Å². The van der Waals surface area contributed by atoms with Crippen LogP contribution in [-0.2, 0) is 0 Å². The fourth-order valence-corrected chi connectivity index (χ4v) is 2.07. The van der Waals surface area contributed by atoms with Crippen molar-refractivity contribution in [1.29, 1.82) is 0 Å². The Morgan fingerprint density at radius 2 is 2.20 bits per heavy atom. The van der Waals surface area contributed by atoms with Crippen LogP contribution in [0.15, 0.2) is 12.4 Å². The molecule has 2 heterocycles. The van der Waals surface area contributed by atoms with E-state index in [0.29, 0.717) is 17.6 Å². The molecule has 5 heteroatoms. The van der Waals surface area contributed by atoms with Crippen molar-refractivity contribution in [1.82, 2.24) is 9.97 Å². The average Bonchev–Trinajstić information content (AvgIpc) is 2.17. The van der Waals surface area contributed by atoms with Gasteiger partial charge in [-0.1, -0.05) is 18.5 Å². The fourth-order valence-electron chi connectivity index (χ4n) is 1.97. The number of aliphatic hydroxyl groups is 1. The Balaban J connectivity index is 2.12. The molecule has 82 valence electrons. The molecule has 1 N–H and O–H groups in total. The van der Waals surface area contributed by atoms with Crippen LogP contribution in [0.1, 0.15) is 13.3 Å². The zero-order chi connectivity index (χ0) is 10.8. The van der Waals surface area contributed by atoms with E-state index in [9.17, 15) is 5.11 Å². The van der Waals surface area contributed by atoms with Gasteiger partial charge in [-0.2, -0.15) is 0 Å². The summed E-state index contributed by atoms with van der Waals surface area (Å²) in [4.78, 5) is 10.2. The van der Waals surface area contributed by atoms with Crippen LogP contribution in [0.25, 0.3) is 0 Å². The van der Waals surface area contributed by atoms with Crippen molar-refractivity contribution in [3.05, 3.63) is 17.5 Å². The molecule has 2 rings (SSSR count). The van der Waals surface area contributed by atoms with E-state index < -0.39 is 0 Å². The molecule has 1 aliphatic rings. The van der Waals surface area contributed by atoms with E-state index >= 15 is 0 Å². The Labute approximate surface area is 93.9 Å².